The Morgan fingerprint density at radius 3 is 2.61 bits per heavy atom. The summed E-state index contributed by atoms with van der Waals surface area (Å²) >= 11 is 13.2. The van der Waals surface area contributed by atoms with Crippen molar-refractivity contribution in [3.8, 4) is 5.75 Å². The molecular weight excluding hydrogens is 455 g/mol. The maximum atomic E-state index is 12.3. The minimum Gasteiger partial charge on any atom is -0.485 e. The molecule has 0 radical (unpaired) electrons. The number of carbonyl (C=O) groups excluding carboxylic acids is 1. The summed E-state index contributed by atoms with van der Waals surface area (Å²) in [5.74, 6) is 1.42. The monoisotopic (exact) mass is 472 g/mol. The van der Waals surface area contributed by atoms with Crippen LogP contribution in [0.3, 0.4) is 0 Å². The molecule has 0 aliphatic rings. The fourth-order valence-electron chi connectivity index (χ4n) is 3.01. The number of thioether (sulfide) groups is 1. The molecule has 0 atom stereocenters. The number of aromatic nitrogens is 3. The normalized spacial score (nSPS) is 10.9. The van der Waals surface area contributed by atoms with E-state index in [0.717, 1.165) is 16.5 Å². The molecule has 0 unspecified atom stereocenters. The Morgan fingerprint density at radius 1 is 1.06 bits per heavy atom. The molecule has 0 aliphatic carbocycles. The highest BCUT2D eigenvalue weighted by atomic mass is 35.5. The minimum atomic E-state index is -0.195. The Hall–Kier alpha value is -2.74. The second-order valence-corrected chi connectivity index (χ2v) is 8.53. The largest absolute Gasteiger partial charge is 0.485 e. The van der Waals surface area contributed by atoms with Crippen molar-refractivity contribution in [1.82, 2.24) is 14.8 Å². The molecule has 0 spiro atoms. The van der Waals surface area contributed by atoms with E-state index >= 15 is 0 Å². The standard InChI is InChI=1S/C22H18Cl2N4O2S/c1-28-20(12-30-19-8-4-6-14-5-2-3-7-18(14)19)26-27-22(28)31-13-21(29)25-17-10-15(23)9-16(24)11-17/h2-11H,12-13H2,1H3,(H,25,29). The number of nitrogens with one attached hydrogen (secondary N) is 1. The molecule has 1 amide bonds. The Morgan fingerprint density at radius 2 is 1.81 bits per heavy atom. The van der Waals surface area contributed by atoms with Gasteiger partial charge in [-0.15, -0.1) is 10.2 Å². The van der Waals surface area contributed by atoms with Crippen molar-refractivity contribution in [3.05, 3.63) is 76.5 Å². The van der Waals surface area contributed by atoms with Crippen LogP contribution in [0.5, 0.6) is 5.75 Å². The zero-order valence-corrected chi connectivity index (χ0v) is 18.8. The van der Waals surface area contributed by atoms with Crippen molar-refractivity contribution in [2.45, 2.75) is 11.8 Å². The average molecular weight is 473 g/mol. The molecule has 1 aromatic heterocycles. The van der Waals surface area contributed by atoms with Gasteiger partial charge in [0.2, 0.25) is 5.91 Å². The molecule has 1 N–H and O–H groups in total. The third-order valence-corrected chi connectivity index (χ3v) is 5.97. The highest BCUT2D eigenvalue weighted by molar-refractivity contribution is 7.99. The van der Waals surface area contributed by atoms with Crippen LogP contribution in [0.2, 0.25) is 10.0 Å². The molecule has 6 nitrogen and oxygen atoms in total. The molecule has 0 fully saturated rings. The molecule has 0 saturated heterocycles. The third kappa shape index (κ3) is 5.31. The molecule has 3 aromatic carbocycles. The summed E-state index contributed by atoms with van der Waals surface area (Å²) in [5, 5.41) is 14.8. The first-order chi connectivity index (χ1) is 15.0. The molecule has 9 heteroatoms. The average Bonchev–Trinajstić information content (AvgIpc) is 3.09. The van der Waals surface area contributed by atoms with Crippen LogP contribution in [0.4, 0.5) is 5.69 Å². The molecule has 0 bridgehead atoms. The smallest absolute Gasteiger partial charge is 0.234 e. The molecule has 1 heterocycles. The Labute approximate surface area is 193 Å². The fraction of sp³-hybridized carbons (Fsp3) is 0.136. The number of fused-ring (bicyclic) bond motifs is 1. The number of benzene rings is 3. The first-order valence-corrected chi connectivity index (χ1v) is 11.1. The van der Waals surface area contributed by atoms with E-state index in [1.165, 1.54) is 11.8 Å². The Balaban J connectivity index is 1.36. The summed E-state index contributed by atoms with van der Waals surface area (Å²) in [7, 11) is 1.85. The summed E-state index contributed by atoms with van der Waals surface area (Å²) in [6, 6.07) is 18.9. The van der Waals surface area contributed by atoms with Crippen LogP contribution < -0.4 is 10.1 Å². The number of carbonyl (C=O) groups is 1. The van der Waals surface area contributed by atoms with E-state index in [-0.39, 0.29) is 18.3 Å². The van der Waals surface area contributed by atoms with Crippen LogP contribution in [-0.2, 0) is 18.4 Å². The number of hydrogen-bond donors (Lipinski definition) is 1. The van der Waals surface area contributed by atoms with E-state index in [9.17, 15) is 4.79 Å². The van der Waals surface area contributed by atoms with Crippen molar-refractivity contribution in [2.24, 2.45) is 7.05 Å². The number of rotatable bonds is 7. The summed E-state index contributed by atoms with van der Waals surface area (Å²) in [6.07, 6.45) is 0. The highest BCUT2D eigenvalue weighted by Gasteiger charge is 2.13. The van der Waals surface area contributed by atoms with Gasteiger partial charge in [-0.05, 0) is 29.7 Å². The summed E-state index contributed by atoms with van der Waals surface area (Å²) in [4.78, 5) is 12.3. The van der Waals surface area contributed by atoms with Gasteiger partial charge < -0.3 is 14.6 Å². The second-order valence-electron chi connectivity index (χ2n) is 6.72. The van der Waals surface area contributed by atoms with Crippen molar-refractivity contribution >= 4 is 57.3 Å². The summed E-state index contributed by atoms with van der Waals surface area (Å²) < 4.78 is 7.81. The van der Waals surface area contributed by atoms with Gasteiger partial charge in [-0.1, -0.05) is 71.4 Å². The van der Waals surface area contributed by atoms with Crippen molar-refractivity contribution in [3.63, 3.8) is 0 Å². The fourth-order valence-corrected chi connectivity index (χ4v) is 4.27. The molecule has 0 saturated carbocycles. The molecule has 158 valence electrons. The maximum absolute atomic E-state index is 12.3. The van der Waals surface area contributed by atoms with Crippen LogP contribution in [0.15, 0.2) is 65.8 Å². The minimum absolute atomic E-state index is 0.167. The predicted octanol–water partition coefficient (Wildman–Crippen LogP) is 5.58. The van der Waals surface area contributed by atoms with Gasteiger partial charge in [0.15, 0.2) is 11.0 Å². The maximum Gasteiger partial charge on any atom is 0.234 e. The van der Waals surface area contributed by atoms with Crippen LogP contribution >= 0.6 is 35.0 Å². The van der Waals surface area contributed by atoms with Crippen LogP contribution in [0.25, 0.3) is 10.8 Å². The number of anilines is 1. The number of halogens is 2. The van der Waals surface area contributed by atoms with Gasteiger partial charge in [0.1, 0.15) is 12.4 Å². The summed E-state index contributed by atoms with van der Waals surface area (Å²) in [6.45, 7) is 0.269. The lowest BCUT2D eigenvalue weighted by Gasteiger charge is -2.09. The first kappa shape index (κ1) is 21.5. The predicted molar refractivity (Wildman–Crippen MR) is 125 cm³/mol. The molecule has 4 rings (SSSR count). The van der Waals surface area contributed by atoms with E-state index in [0.29, 0.717) is 26.7 Å². The van der Waals surface area contributed by atoms with Crippen LogP contribution in [0, 0.1) is 0 Å². The van der Waals surface area contributed by atoms with Gasteiger partial charge >= 0.3 is 0 Å². The third-order valence-electron chi connectivity index (χ3n) is 4.51. The van der Waals surface area contributed by atoms with Crippen LogP contribution in [0.1, 0.15) is 5.82 Å². The second kappa shape index (κ2) is 9.60. The van der Waals surface area contributed by atoms with E-state index < -0.39 is 0 Å². The Kier molecular flexibility index (Phi) is 6.65. The number of nitrogens with zero attached hydrogens (tertiary/aromatic N) is 3. The van der Waals surface area contributed by atoms with Crippen LogP contribution in [-0.4, -0.2) is 26.4 Å². The van der Waals surface area contributed by atoms with E-state index in [1.807, 2.05) is 54.1 Å². The first-order valence-electron chi connectivity index (χ1n) is 9.37. The lowest BCUT2D eigenvalue weighted by Crippen LogP contribution is -2.14. The molecular formula is C22H18Cl2N4O2S. The van der Waals surface area contributed by atoms with Gasteiger partial charge in [0, 0.05) is 28.2 Å². The summed E-state index contributed by atoms with van der Waals surface area (Å²) in [5.41, 5.74) is 0.547. The van der Waals surface area contributed by atoms with E-state index in [2.05, 4.69) is 15.5 Å². The number of amides is 1. The Bertz CT molecular complexity index is 1220. The quantitative estimate of drug-likeness (QED) is 0.355. The van der Waals surface area contributed by atoms with E-state index in [4.69, 9.17) is 27.9 Å². The molecule has 31 heavy (non-hydrogen) atoms. The lowest BCUT2D eigenvalue weighted by atomic mass is 10.1. The molecule has 4 aromatic rings. The zero-order valence-electron chi connectivity index (χ0n) is 16.5. The lowest BCUT2D eigenvalue weighted by molar-refractivity contribution is -0.113. The van der Waals surface area contributed by atoms with Gasteiger partial charge in [-0.25, -0.2) is 0 Å². The van der Waals surface area contributed by atoms with Crippen molar-refractivity contribution in [1.29, 1.82) is 0 Å². The number of ether oxygens (including phenoxy) is 1. The van der Waals surface area contributed by atoms with E-state index in [1.54, 1.807) is 18.2 Å². The van der Waals surface area contributed by atoms with Gasteiger partial charge in [0.25, 0.3) is 0 Å². The SMILES string of the molecule is Cn1c(COc2cccc3ccccc23)nnc1SCC(=O)Nc1cc(Cl)cc(Cl)c1. The van der Waals surface area contributed by atoms with Gasteiger partial charge in [-0.3, -0.25) is 4.79 Å². The topological polar surface area (TPSA) is 69.0 Å². The van der Waals surface area contributed by atoms with Gasteiger partial charge in [-0.2, -0.15) is 0 Å². The number of hydrogen-bond acceptors (Lipinski definition) is 5. The molecule has 0 aliphatic heterocycles. The zero-order chi connectivity index (χ0) is 21.8. The van der Waals surface area contributed by atoms with Gasteiger partial charge in [0.05, 0.1) is 5.75 Å². The van der Waals surface area contributed by atoms with Crippen molar-refractivity contribution < 1.29 is 9.53 Å². The van der Waals surface area contributed by atoms with Crippen molar-refractivity contribution in [2.75, 3.05) is 11.1 Å². The highest BCUT2D eigenvalue weighted by Crippen LogP contribution is 2.26.